The molecule has 1 saturated carbocycles. The lowest BCUT2D eigenvalue weighted by atomic mass is 9.66. The maximum absolute atomic E-state index is 6.72. The lowest BCUT2D eigenvalue weighted by Gasteiger charge is -2.43. The summed E-state index contributed by atoms with van der Waals surface area (Å²) in [4.78, 5) is 0. The fraction of sp³-hybridized carbons (Fsp3) is 0.647. The Kier molecular flexibility index (Phi) is 4.19. The molecule has 0 spiro atoms. The van der Waals surface area contributed by atoms with Crippen LogP contribution in [-0.4, -0.2) is 6.10 Å². The number of hydrogen-bond acceptors (Lipinski definition) is 2. The second-order valence-electron chi connectivity index (χ2n) is 6.39. The van der Waals surface area contributed by atoms with Gasteiger partial charge in [0.05, 0.1) is 6.10 Å². The van der Waals surface area contributed by atoms with Gasteiger partial charge in [-0.1, -0.05) is 38.8 Å². The van der Waals surface area contributed by atoms with Gasteiger partial charge in [0.2, 0.25) is 0 Å². The van der Waals surface area contributed by atoms with Crippen LogP contribution in [0.25, 0.3) is 0 Å². The summed E-state index contributed by atoms with van der Waals surface area (Å²) < 4.78 is 5.70. The summed E-state index contributed by atoms with van der Waals surface area (Å²) in [5.74, 6) is 2.15. The lowest BCUT2D eigenvalue weighted by molar-refractivity contribution is 0.143. The Bertz CT molecular complexity index is 412. The third kappa shape index (κ3) is 2.94. The van der Waals surface area contributed by atoms with E-state index < -0.39 is 0 Å². The summed E-state index contributed by atoms with van der Waals surface area (Å²) in [7, 11) is 0. The van der Waals surface area contributed by atoms with Crippen LogP contribution >= 0.6 is 0 Å². The van der Waals surface area contributed by atoms with Crippen LogP contribution in [0.1, 0.15) is 52.5 Å². The summed E-state index contributed by atoms with van der Waals surface area (Å²) in [6.07, 6.45) is 3.83. The van der Waals surface area contributed by atoms with E-state index >= 15 is 0 Å². The number of hydrogen-bond donors (Lipinski definition) is 1. The van der Waals surface area contributed by atoms with Crippen molar-refractivity contribution in [2.75, 3.05) is 0 Å². The highest BCUT2D eigenvalue weighted by Gasteiger charge is 2.39. The molecular formula is C17H27NO. The van der Waals surface area contributed by atoms with Crippen molar-refractivity contribution in [3.05, 3.63) is 29.8 Å². The predicted octanol–water partition coefficient (Wildman–Crippen LogP) is 4.08. The minimum absolute atomic E-state index is 0.173. The first-order valence-electron chi connectivity index (χ1n) is 7.49. The standard InChI is InChI=1S/C17H27NO/c1-12(2)19-16-9-7-15(8-10-16)17(18)11-5-6-13(3)14(17)4/h7-10,12-14H,5-6,11,18H2,1-4H3. The average Bonchev–Trinajstić information content (AvgIpc) is 2.36. The smallest absolute Gasteiger partial charge is 0.119 e. The largest absolute Gasteiger partial charge is 0.491 e. The average molecular weight is 261 g/mol. The van der Waals surface area contributed by atoms with Crippen molar-refractivity contribution in [1.82, 2.24) is 0 Å². The third-order valence-electron chi connectivity index (χ3n) is 4.68. The van der Waals surface area contributed by atoms with Gasteiger partial charge >= 0.3 is 0 Å². The summed E-state index contributed by atoms with van der Waals surface area (Å²) in [5.41, 5.74) is 7.80. The summed E-state index contributed by atoms with van der Waals surface area (Å²) in [6.45, 7) is 8.70. The van der Waals surface area contributed by atoms with Gasteiger partial charge in [0, 0.05) is 5.54 Å². The molecule has 2 rings (SSSR count). The first-order valence-corrected chi connectivity index (χ1v) is 7.49. The monoisotopic (exact) mass is 261 g/mol. The summed E-state index contributed by atoms with van der Waals surface area (Å²) in [6, 6.07) is 8.39. The van der Waals surface area contributed by atoms with Crippen LogP contribution in [0.5, 0.6) is 5.75 Å². The highest BCUT2D eigenvalue weighted by Crippen LogP contribution is 2.42. The van der Waals surface area contributed by atoms with Crippen LogP contribution in [-0.2, 0) is 5.54 Å². The van der Waals surface area contributed by atoms with Crippen molar-refractivity contribution in [1.29, 1.82) is 0 Å². The first-order chi connectivity index (χ1) is 8.93. The van der Waals surface area contributed by atoms with Gasteiger partial charge in [0.15, 0.2) is 0 Å². The molecule has 1 aliphatic carbocycles. The highest BCUT2D eigenvalue weighted by molar-refractivity contribution is 5.33. The zero-order valence-corrected chi connectivity index (χ0v) is 12.6. The normalized spacial score (nSPS) is 31.5. The molecule has 1 aromatic rings. The molecule has 0 bridgehead atoms. The van der Waals surface area contributed by atoms with E-state index in [1.165, 1.54) is 18.4 Å². The van der Waals surface area contributed by atoms with Crippen molar-refractivity contribution in [3.8, 4) is 5.75 Å². The SMILES string of the molecule is CC(C)Oc1ccc(C2(N)CCCC(C)C2C)cc1. The Labute approximate surface area is 117 Å². The number of ether oxygens (including phenoxy) is 1. The van der Waals surface area contributed by atoms with Gasteiger partial charge in [-0.2, -0.15) is 0 Å². The van der Waals surface area contributed by atoms with Gasteiger partial charge in [-0.15, -0.1) is 0 Å². The molecule has 0 amide bonds. The zero-order chi connectivity index (χ0) is 14.0. The molecule has 0 aliphatic heterocycles. The molecule has 2 heteroatoms. The predicted molar refractivity (Wildman–Crippen MR) is 80.3 cm³/mol. The van der Waals surface area contributed by atoms with Gasteiger partial charge in [0.1, 0.15) is 5.75 Å². The maximum atomic E-state index is 6.72. The number of rotatable bonds is 3. The molecule has 1 aliphatic rings. The number of nitrogens with two attached hydrogens (primary N) is 1. The molecular weight excluding hydrogens is 234 g/mol. The van der Waals surface area contributed by atoms with Crippen LogP contribution in [0, 0.1) is 11.8 Å². The van der Waals surface area contributed by atoms with E-state index in [-0.39, 0.29) is 11.6 Å². The quantitative estimate of drug-likeness (QED) is 0.889. The molecule has 106 valence electrons. The van der Waals surface area contributed by atoms with Gasteiger partial charge in [0.25, 0.3) is 0 Å². The first kappa shape index (κ1) is 14.4. The molecule has 0 radical (unpaired) electrons. The molecule has 19 heavy (non-hydrogen) atoms. The molecule has 0 heterocycles. The van der Waals surface area contributed by atoms with E-state index in [9.17, 15) is 0 Å². The minimum Gasteiger partial charge on any atom is -0.491 e. The van der Waals surface area contributed by atoms with Crippen LogP contribution < -0.4 is 10.5 Å². The molecule has 2 nitrogen and oxygen atoms in total. The van der Waals surface area contributed by atoms with Crippen molar-refractivity contribution in [2.45, 2.75) is 58.6 Å². The zero-order valence-electron chi connectivity index (χ0n) is 12.6. The van der Waals surface area contributed by atoms with Gasteiger partial charge in [-0.25, -0.2) is 0 Å². The van der Waals surface area contributed by atoms with E-state index in [0.29, 0.717) is 11.8 Å². The molecule has 0 aromatic heterocycles. The Hall–Kier alpha value is -1.02. The van der Waals surface area contributed by atoms with Crippen molar-refractivity contribution in [3.63, 3.8) is 0 Å². The van der Waals surface area contributed by atoms with E-state index in [4.69, 9.17) is 10.5 Å². The second kappa shape index (κ2) is 5.54. The van der Waals surface area contributed by atoms with Crippen LogP contribution in [0.3, 0.4) is 0 Å². The van der Waals surface area contributed by atoms with Gasteiger partial charge < -0.3 is 10.5 Å². The second-order valence-corrected chi connectivity index (χ2v) is 6.39. The Morgan fingerprint density at radius 2 is 1.84 bits per heavy atom. The van der Waals surface area contributed by atoms with Crippen molar-refractivity contribution < 1.29 is 4.74 Å². The lowest BCUT2D eigenvalue weighted by Crippen LogP contribution is -2.48. The Morgan fingerprint density at radius 1 is 1.21 bits per heavy atom. The van der Waals surface area contributed by atoms with E-state index in [2.05, 4.69) is 38.1 Å². The maximum Gasteiger partial charge on any atom is 0.119 e. The Balaban J connectivity index is 2.20. The molecule has 0 saturated heterocycles. The molecule has 1 aromatic carbocycles. The highest BCUT2D eigenvalue weighted by atomic mass is 16.5. The van der Waals surface area contributed by atoms with E-state index in [1.807, 2.05) is 13.8 Å². The van der Waals surface area contributed by atoms with Crippen LogP contribution in [0.2, 0.25) is 0 Å². The van der Waals surface area contributed by atoms with Gasteiger partial charge in [-0.3, -0.25) is 0 Å². The topological polar surface area (TPSA) is 35.2 Å². The van der Waals surface area contributed by atoms with Crippen molar-refractivity contribution >= 4 is 0 Å². The summed E-state index contributed by atoms with van der Waals surface area (Å²) in [5, 5.41) is 0. The van der Waals surface area contributed by atoms with Gasteiger partial charge in [-0.05, 0) is 49.8 Å². The van der Waals surface area contributed by atoms with Crippen LogP contribution in [0.4, 0.5) is 0 Å². The van der Waals surface area contributed by atoms with Crippen molar-refractivity contribution in [2.24, 2.45) is 17.6 Å². The third-order valence-corrected chi connectivity index (χ3v) is 4.68. The van der Waals surface area contributed by atoms with E-state index in [1.54, 1.807) is 0 Å². The summed E-state index contributed by atoms with van der Waals surface area (Å²) >= 11 is 0. The molecule has 3 atom stereocenters. The number of benzene rings is 1. The molecule has 1 fully saturated rings. The fourth-order valence-corrected chi connectivity index (χ4v) is 3.23. The molecule has 2 N–H and O–H groups in total. The Morgan fingerprint density at radius 3 is 2.42 bits per heavy atom. The fourth-order valence-electron chi connectivity index (χ4n) is 3.23. The van der Waals surface area contributed by atoms with Crippen LogP contribution in [0.15, 0.2) is 24.3 Å². The molecule has 3 unspecified atom stereocenters. The van der Waals surface area contributed by atoms with E-state index in [0.717, 1.165) is 12.2 Å². The minimum atomic E-state index is -0.173.